The van der Waals surface area contributed by atoms with Crippen LogP contribution in [0.25, 0.3) is 0 Å². The van der Waals surface area contributed by atoms with Crippen LogP contribution in [0.3, 0.4) is 0 Å². The minimum absolute atomic E-state index is 0.0191. The first kappa shape index (κ1) is 20.6. The predicted octanol–water partition coefficient (Wildman–Crippen LogP) is 6.49. The number of hydrogen-bond donors (Lipinski definition) is 0. The van der Waals surface area contributed by atoms with Crippen molar-refractivity contribution in [3.8, 4) is 0 Å². The Balaban J connectivity index is 2.03. The van der Waals surface area contributed by atoms with E-state index in [0.29, 0.717) is 18.4 Å². The highest BCUT2D eigenvalue weighted by atomic mass is 35.5. The van der Waals surface area contributed by atoms with Gasteiger partial charge in [0.05, 0.1) is 12.5 Å². The van der Waals surface area contributed by atoms with Crippen LogP contribution in [0.1, 0.15) is 64.0 Å². The lowest BCUT2D eigenvalue weighted by Crippen LogP contribution is -2.24. The van der Waals surface area contributed by atoms with Crippen LogP contribution < -0.4 is 0 Å². The number of esters is 1. The lowest BCUT2D eigenvalue weighted by Gasteiger charge is -2.29. The normalized spacial score (nSPS) is 24.4. The van der Waals surface area contributed by atoms with Crippen molar-refractivity contribution in [2.45, 2.75) is 65.7 Å². The van der Waals surface area contributed by atoms with E-state index in [9.17, 15) is 4.79 Å². The lowest BCUT2D eigenvalue weighted by molar-refractivity contribution is -0.148. The molecule has 0 aliphatic heterocycles. The van der Waals surface area contributed by atoms with Crippen LogP contribution in [-0.2, 0) is 22.4 Å². The van der Waals surface area contributed by atoms with Gasteiger partial charge in [-0.3, -0.25) is 4.79 Å². The third-order valence-electron chi connectivity index (χ3n) is 5.60. The Morgan fingerprint density at radius 3 is 2.40 bits per heavy atom. The van der Waals surface area contributed by atoms with Gasteiger partial charge in [0.25, 0.3) is 0 Å². The molecule has 25 heavy (non-hydrogen) atoms. The van der Waals surface area contributed by atoms with E-state index < -0.39 is 0 Å². The largest absolute Gasteiger partial charge is 0.466 e. The lowest BCUT2D eigenvalue weighted by atomic mass is 9.77. The monoisotopic (exact) mass is 384 g/mol. The van der Waals surface area contributed by atoms with E-state index in [1.807, 2.05) is 19.1 Å². The summed E-state index contributed by atoms with van der Waals surface area (Å²) < 4.78 is 5.21. The summed E-state index contributed by atoms with van der Waals surface area (Å²) in [7, 11) is 0. The molecule has 0 spiro atoms. The summed E-state index contributed by atoms with van der Waals surface area (Å²) in [4.78, 5) is 12.0. The summed E-state index contributed by atoms with van der Waals surface area (Å²) in [5.41, 5.74) is 2.27. The van der Waals surface area contributed by atoms with Gasteiger partial charge in [-0.05, 0) is 80.5 Å². The second kappa shape index (κ2) is 9.83. The van der Waals surface area contributed by atoms with Crippen LogP contribution in [0.15, 0.2) is 12.1 Å². The second-order valence-corrected chi connectivity index (χ2v) is 8.10. The molecule has 1 saturated carbocycles. The Morgan fingerprint density at radius 2 is 1.80 bits per heavy atom. The van der Waals surface area contributed by atoms with E-state index in [4.69, 9.17) is 27.9 Å². The Hall–Kier alpha value is -0.730. The molecule has 140 valence electrons. The highest BCUT2D eigenvalue weighted by molar-refractivity contribution is 6.36. The first-order valence-electron chi connectivity index (χ1n) is 9.59. The topological polar surface area (TPSA) is 26.3 Å². The molecule has 4 heteroatoms. The van der Waals surface area contributed by atoms with Crippen molar-refractivity contribution in [2.24, 2.45) is 17.8 Å². The predicted molar refractivity (Wildman–Crippen MR) is 105 cm³/mol. The van der Waals surface area contributed by atoms with E-state index >= 15 is 0 Å². The molecule has 2 nitrogen and oxygen atoms in total. The zero-order valence-electron chi connectivity index (χ0n) is 15.6. The molecule has 2 rings (SSSR count). The SMILES string of the molecule is CCOC(=O)C1CCCC(Cc2c(Cl)cc(CC)cc2Cl)C(C)CC1. The molecule has 0 amide bonds. The maximum atomic E-state index is 12.0. The minimum Gasteiger partial charge on any atom is -0.466 e. The van der Waals surface area contributed by atoms with E-state index in [1.54, 1.807) is 0 Å². The van der Waals surface area contributed by atoms with Crippen LogP contribution in [0.5, 0.6) is 0 Å². The number of halogens is 2. The van der Waals surface area contributed by atoms with E-state index in [2.05, 4.69) is 13.8 Å². The molecule has 0 radical (unpaired) electrons. The van der Waals surface area contributed by atoms with Gasteiger partial charge in [0.1, 0.15) is 0 Å². The highest BCUT2D eigenvalue weighted by Crippen LogP contribution is 2.36. The van der Waals surface area contributed by atoms with Gasteiger partial charge in [-0.1, -0.05) is 43.5 Å². The number of hydrogen-bond acceptors (Lipinski definition) is 2. The van der Waals surface area contributed by atoms with E-state index in [0.717, 1.165) is 60.6 Å². The van der Waals surface area contributed by atoms with Gasteiger partial charge in [-0.2, -0.15) is 0 Å². The number of rotatable bonds is 5. The molecule has 0 N–H and O–H groups in total. The minimum atomic E-state index is -0.0191. The van der Waals surface area contributed by atoms with Gasteiger partial charge in [0.2, 0.25) is 0 Å². The summed E-state index contributed by atoms with van der Waals surface area (Å²) >= 11 is 13.0. The molecule has 0 saturated heterocycles. The molecule has 0 heterocycles. The second-order valence-electron chi connectivity index (χ2n) is 7.29. The van der Waals surface area contributed by atoms with E-state index in [-0.39, 0.29) is 11.9 Å². The average Bonchev–Trinajstić information content (AvgIpc) is 2.56. The smallest absolute Gasteiger partial charge is 0.308 e. The standard InChI is InChI=1S/C21H30Cl2O2/c1-4-15-11-19(22)18(20(23)12-15)13-17-8-6-7-16(10-9-14(17)3)21(24)25-5-2/h11-12,14,16-17H,4-10,13H2,1-3H3. The Morgan fingerprint density at radius 1 is 1.12 bits per heavy atom. The molecule has 1 aromatic rings. The summed E-state index contributed by atoms with van der Waals surface area (Å²) in [5, 5.41) is 1.59. The van der Waals surface area contributed by atoms with Gasteiger partial charge in [0, 0.05) is 10.0 Å². The molecule has 3 atom stereocenters. The molecule has 1 aliphatic carbocycles. The first-order valence-corrected chi connectivity index (χ1v) is 10.3. The number of ether oxygens (including phenoxy) is 1. The molecule has 1 aromatic carbocycles. The quantitative estimate of drug-likeness (QED) is 0.541. The maximum absolute atomic E-state index is 12.0. The summed E-state index contributed by atoms with van der Waals surface area (Å²) in [5.74, 6) is 1.16. The van der Waals surface area contributed by atoms with Crippen molar-refractivity contribution in [1.82, 2.24) is 0 Å². The van der Waals surface area contributed by atoms with Crippen LogP contribution in [0.4, 0.5) is 0 Å². The van der Waals surface area contributed by atoms with Crippen molar-refractivity contribution in [2.75, 3.05) is 6.61 Å². The third kappa shape index (κ3) is 5.62. The van der Waals surface area contributed by atoms with Crippen molar-refractivity contribution in [1.29, 1.82) is 0 Å². The maximum Gasteiger partial charge on any atom is 0.308 e. The summed E-state index contributed by atoms with van der Waals surface area (Å²) in [6.07, 6.45) is 6.93. The molecule has 0 bridgehead atoms. The zero-order chi connectivity index (χ0) is 18.4. The van der Waals surface area contributed by atoms with Crippen molar-refractivity contribution in [3.63, 3.8) is 0 Å². The summed E-state index contributed by atoms with van der Waals surface area (Å²) in [6, 6.07) is 4.10. The van der Waals surface area contributed by atoms with Crippen LogP contribution in [-0.4, -0.2) is 12.6 Å². The Labute approximate surface area is 162 Å². The first-order chi connectivity index (χ1) is 12.0. The Kier molecular flexibility index (Phi) is 8.09. The summed E-state index contributed by atoms with van der Waals surface area (Å²) in [6.45, 7) is 6.74. The van der Waals surface area contributed by atoms with Crippen molar-refractivity contribution < 1.29 is 9.53 Å². The number of carbonyl (C=O) groups is 1. The van der Waals surface area contributed by atoms with Crippen molar-refractivity contribution in [3.05, 3.63) is 33.3 Å². The fourth-order valence-electron chi connectivity index (χ4n) is 3.87. The zero-order valence-corrected chi connectivity index (χ0v) is 17.1. The van der Waals surface area contributed by atoms with Gasteiger partial charge in [-0.25, -0.2) is 0 Å². The van der Waals surface area contributed by atoms with Crippen LogP contribution >= 0.6 is 23.2 Å². The third-order valence-corrected chi connectivity index (χ3v) is 6.27. The molecule has 1 aliphatic rings. The van der Waals surface area contributed by atoms with Gasteiger partial charge in [-0.15, -0.1) is 0 Å². The van der Waals surface area contributed by atoms with Gasteiger partial charge in [0.15, 0.2) is 0 Å². The van der Waals surface area contributed by atoms with Gasteiger partial charge < -0.3 is 4.74 Å². The fourth-order valence-corrected chi connectivity index (χ4v) is 4.56. The molecule has 0 aromatic heterocycles. The van der Waals surface area contributed by atoms with Gasteiger partial charge >= 0.3 is 5.97 Å². The number of benzene rings is 1. The van der Waals surface area contributed by atoms with Crippen LogP contribution in [0.2, 0.25) is 10.0 Å². The Bertz CT molecular complexity index is 562. The molecular weight excluding hydrogens is 355 g/mol. The number of carbonyl (C=O) groups excluding carboxylic acids is 1. The molecular formula is C21H30Cl2O2. The number of aryl methyl sites for hydroxylation is 1. The van der Waals surface area contributed by atoms with Crippen molar-refractivity contribution >= 4 is 29.2 Å². The average molecular weight is 385 g/mol. The van der Waals surface area contributed by atoms with Crippen LogP contribution in [0, 0.1) is 17.8 Å². The fraction of sp³-hybridized carbons (Fsp3) is 0.667. The highest BCUT2D eigenvalue weighted by Gasteiger charge is 2.27. The van der Waals surface area contributed by atoms with E-state index in [1.165, 1.54) is 5.56 Å². The molecule has 3 unspecified atom stereocenters. The molecule has 1 fully saturated rings.